The second kappa shape index (κ2) is 4.45. The van der Waals surface area contributed by atoms with E-state index in [2.05, 4.69) is 0 Å². The summed E-state index contributed by atoms with van der Waals surface area (Å²) < 4.78 is 25.2. The van der Waals surface area contributed by atoms with Crippen LogP contribution in [0.4, 0.5) is 8.78 Å². The first kappa shape index (κ1) is 11.0. The third-order valence-corrected chi connectivity index (χ3v) is 1.90. The van der Waals surface area contributed by atoms with Crippen molar-refractivity contribution in [3.63, 3.8) is 0 Å². The number of nitrogens with two attached hydrogens (primary N) is 1. The molecular weight excluding hydrogens is 192 g/mol. The van der Waals surface area contributed by atoms with Gasteiger partial charge in [-0.25, -0.2) is 8.78 Å². The van der Waals surface area contributed by atoms with Crippen LogP contribution in [0.1, 0.15) is 11.7 Å². The van der Waals surface area contributed by atoms with E-state index in [4.69, 9.17) is 10.8 Å². The molecule has 0 heterocycles. The Morgan fingerprint density at radius 3 is 2.43 bits per heavy atom. The van der Waals surface area contributed by atoms with Gasteiger partial charge < -0.3 is 15.9 Å². The molecule has 0 aromatic heterocycles. The van der Waals surface area contributed by atoms with Crippen LogP contribution in [0.25, 0.3) is 0 Å². The third kappa shape index (κ3) is 2.25. The Hall–Kier alpha value is -1.04. The fourth-order valence-corrected chi connectivity index (χ4v) is 1.04. The van der Waals surface area contributed by atoms with Crippen LogP contribution in [0.5, 0.6) is 0 Å². The van der Waals surface area contributed by atoms with E-state index in [9.17, 15) is 13.9 Å². The lowest BCUT2D eigenvalue weighted by molar-refractivity contribution is 0.109. The lowest BCUT2D eigenvalue weighted by Crippen LogP contribution is -2.31. The normalized spacial score (nSPS) is 15.2. The molecule has 0 fully saturated rings. The summed E-state index contributed by atoms with van der Waals surface area (Å²) in [5, 5.41) is 18.1. The van der Waals surface area contributed by atoms with Crippen molar-refractivity contribution >= 4 is 0 Å². The smallest absolute Gasteiger partial charge is 0.159 e. The number of aliphatic hydroxyl groups is 2. The van der Waals surface area contributed by atoms with Crippen molar-refractivity contribution in [2.24, 2.45) is 5.73 Å². The van der Waals surface area contributed by atoms with Crippen molar-refractivity contribution in [1.29, 1.82) is 0 Å². The molecule has 0 aliphatic heterocycles. The number of rotatable bonds is 3. The molecule has 1 aromatic carbocycles. The number of aliphatic hydroxyl groups excluding tert-OH is 2. The summed E-state index contributed by atoms with van der Waals surface area (Å²) >= 11 is 0. The summed E-state index contributed by atoms with van der Waals surface area (Å²) in [6, 6.07) is 2.08. The molecule has 0 saturated carbocycles. The lowest BCUT2D eigenvalue weighted by atomic mass is 10.0. The van der Waals surface area contributed by atoms with E-state index in [-0.39, 0.29) is 5.56 Å². The molecule has 3 nitrogen and oxygen atoms in total. The van der Waals surface area contributed by atoms with Crippen molar-refractivity contribution in [1.82, 2.24) is 0 Å². The summed E-state index contributed by atoms with van der Waals surface area (Å²) in [4.78, 5) is 0. The third-order valence-electron chi connectivity index (χ3n) is 1.90. The van der Waals surface area contributed by atoms with Crippen molar-refractivity contribution in [3.05, 3.63) is 35.4 Å². The van der Waals surface area contributed by atoms with Gasteiger partial charge in [0.05, 0.1) is 18.8 Å². The highest BCUT2D eigenvalue weighted by Gasteiger charge is 2.17. The van der Waals surface area contributed by atoms with E-state index in [0.717, 1.165) is 12.1 Å². The van der Waals surface area contributed by atoms with Gasteiger partial charge in [-0.15, -0.1) is 0 Å². The summed E-state index contributed by atoms with van der Waals surface area (Å²) in [6.45, 7) is -0.430. The van der Waals surface area contributed by atoms with Gasteiger partial charge in [-0.3, -0.25) is 0 Å². The molecule has 0 aliphatic carbocycles. The molecule has 78 valence electrons. The molecule has 0 saturated heterocycles. The predicted molar refractivity (Wildman–Crippen MR) is 46.4 cm³/mol. The van der Waals surface area contributed by atoms with Crippen molar-refractivity contribution in [2.75, 3.05) is 6.61 Å². The minimum atomic E-state index is -1.20. The van der Waals surface area contributed by atoms with Crippen molar-refractivity contribution < 1.29 is 19.0 Å². The first-order valence-corrected chi connectivity index (χ1v) is 4.05. The van der Waals surface area contributed by atoms with Crippen LogP contribution in [0.15, 0.2) is 18.2 Å². The van der Waals surface area contributed by atoms with Gasteiger partial charge in [-0.05, 0) is 17.7 Å². The van der Waals surface area contributed by atoms with Gasteiger partial charge in [0.25, 0.3) is 0 Å². The van der Waals surface area contributed by atoms with Gasteiger partial charge in [0.2, 0.25) is 0 Å². The Labute approximate surface area is 79.8 Å². The van der Waals surface area contributed by atoms with Crippen LogP contribution in [-0.4, -0.2) is 22.9 Å². The molecular formula is C9H11F2NO2. The van der Waals surface area contributed by atoms with Gasteiger partial charge >= 0.3 is 0 Å². The van der Waals surface area contributed by atoms with Crippen molar-refractivity contribution in [2.45, 2.75) is 12.1 Å². The number of hydrogen-bond acceptors (Lipinski definition) is 3. The second-order valence-electron chi connectivity index (χ2n) is 2.96. The average Bonchev–Trinajstić information content (AvgIpc) is 2.20. The number of benzene rings is 1. The highest BCUT2D eigenvalue weighted by molar-refractivity contribution is 5.21. The van der Waals surface area contributed by atoms with E-state index in [1.54, 1.807) is 0 Å². The summed E-state index contributed by atoms with van der Waals surface area (Å²) in [6.07, 6.45) is -1.20. The highest BCUT2D eigenvalue weighted by Crippen LogP contribution is 2.18. The maximum Gasteiger partial charge on any atom is 0.159 e. The highest BCUT2D eigenvalue weighted by atomic mass is 19.2. The Bertz CT molecular complexity index is 320. The topological polar surface area (TPSA) is 66.5 Å². The SMILES string of the molecule is N[C@H](CO)[C@H](O)c1ccc(F)c(F)c1. The second-order valence-corrected chi connectivity index (χ2v) is 2.96. The van der Waals surface area contributed by atoms with E-state index in [1.807, 2.05) is 0 Å². The molecule has 2 atom stereocenters. The maximum absolute atomic E-state index is 12.7. The molecule has 0 unspecified atom stereocenters. The largest absolute Gasteiger partial charge is 0.395 e. The lowest BCUT2D eigenvalue weighted by Gasteiger charge is -2.16. The van der Waals surface area contributed by atoms with E-state index >= 15 is 0 Å². The van der Waals surface area contributed by atoms with Gasteiger partial charge in [-0.1, -0.05) is 6.07 Å². The van der Waals surface area contributed by atoms with Crippen LogP contribution in [0, 0.1) is 11.6 Å². The van der Waals surface area contributed by atoms with Crippen LogP contribution >= 0.6 is 0 Å². The summed E-state index contributed by atoms with van der Waals surface area (Å²) in [7, 11) is 0. The summed E-state index contributed by atoms with van der Waals surface area (Å²) in [5.74, 6) is -2.04. The molecule has 0 aliphatic rings. The molecule has 1 rings (SSSR count). The first-order chi connectivity index (χ1) is 6.56. The zero-order chi connectivity index (χ0) is 10.7. The quantitative estimate of drug-likeness (QED) is 0.662. The molecule has 0 spiro atoms. The number of halogens is 2. The zero-order valence-corrected chi connectivity index (χ0v) is 7.32. The fraction of sp³-hybridized carbons (Fsp3) is 0.333. The molecule has 4 N–H and O–H groups in total. The van der Waals surface area contributed by atoms with Crippen LogP contribution in [0.2, 0.25) is 0 Å². The Morgan fingerprint density at radius 1 is 1.29 bits per heavy atom. The van der Waals surface area contributed by atoms with Crippen LogP contribution in [0.3, 0.4) is 0 Å². The van der Waals surface area contributed by atoms with Crippen LogP contribution < -0.4 is 5.73 Å². The Morgan fingerprint density at radius 2 is 1.93 bits per heavy atom. The first-order valence-electron chi connectivity index (χ1n) is 4.05. The molecule has 5 heteroatoms. The van der Waals surface area contributed by atoms with E-state index < -0.39 is 30.4 Å². The monoisotopic (exact) mass is 203 g/mol. The molecule has 0 amide bonds. The molecule has 14 heavy (non-hydrogen) atoms. The average molecular weight is 203 g/mol. The van der Waals surface area contributed by atoms with Crippen LogP contribution in [-0.2, 0) is 0 Å². The maximum atomic E-state index is 12.7. The zero-order valence-electron chi connectivity index (χ0n) is 7.32. The summed E-state index contributed by atoms with van der Waals surface area (Å²) in [5.41, 5.74) is 5.46. The predicted octanol–water partition coefficient (Wildman–Crippen LogP) is 0.318. The number of hydrogen-bond donors (Lipinski definition) is 3. The van der Waals surface area contributed by atoms with Gasteiger partial charge in [-0.2, -0.15) is 0 Å². The van der Waals surface area contributed by atoms with Gasteiger partial charge in [0, 0.05) is 0 Å². The standard InChI is InChI=1S/C9H11F2NO2/c10-6-2-1-5(3-7(6)11)9(14)8(12)4-13/h1-3,8-9,13-14H,4,12H2/t8-,9-/m1/s1. The van der Waals surface area contributed by atoms with E-state index in [1.165, 1.54) is 6.07 Å². The van der Waals surface area contributed by atoms with Crippen molar-refractivity contribution in [3.8, 4) is 0 Å². The molecule has 0 bridgehead atoms. The van der Waals surface area contributed by atoms with Gasteiger partial charge in [0.15, 0.2) is 11.6 Å². The minimum absolute atomic E-state index is 0.144. The molecule has 0 radical (unpaired) electrons. The van der Waals surface area contributed by atoms with E-state index in [0.29, 0.717) is 0 Å². The minimum Gasteiger partial charge on any atom is -0.395 e. The Balaban J connectivity index is 2.91. The van der Waals surface area contributed by atoms with Gasteiger partial charge in [0.1, 0.15) is 0 Å². The fourth-order valence-electron chi connectivity index (χ4n) is 1.04. The Kier molecular flexibility index (Phi) is 3.51. The molecule has 1 aromatic rings.